The van der Waals surface area contributed by atoms with Crippen LogP contribution < -0.4 is 10.6 Å². The van der Waals surface area contributed by atoms with Gasteiger partial charge in [-0.05, 0) is 18.6 Å². The molecular formula is C10H14N2O3S. The van der Waals surface area contributed by atoms with Crippen molar-refractivity contribution in [2.45, 2.75) is 13.5 Å². The van der Waals surface area contributed by atoms with Crippen molar-refractivity contribution in [1.82, 2.24) is 10.6 Å². The highest BCUT2D eigenvalue weighted by atomic mass is 32.1. The van der Waals surface area contributed by atoms with E-state index in [4.69, 9.17) is 5.11 Å². The Morgan fingerprint density at radius 2 is 2.19 bits per heavy atom. The smallest absolute Gasteiger partial charge is 0.345 e. The van der Waals surface area contributed by atoms with Crippen molar-refractivity contribution in [3.05, 3.63) is 21.4 Å². The Labute approximate surface area is 97.5 Å². The van der Waals surface area contributed by atoms with E-state index in [1.165, 1.54) is 11.3 Å². The Kier molecular flexibility index (Phi) is 4.45. The number of carbonyl (C=O) groups is 2. The number of likely N-dealkylation sites (N-methyl/N-ethyl adjacent to an activating group) is 1. The molecule has 88 valence electrons. The summed E-state index contributed by atoms with van der Waals surface area (Å²) in [4.78, 5) is 22.9. The summed E-state index contributed by atoms with van der Waals surface area (Å²) < 4.78 is 0. The van der Waals surface area contributed by atoms with Gasteiger partial charge in [-0.25, -0.2) is 4.79 Å². The number of aryl methyl sites for hydroxylation is 1. The molecule has 1 aromatic heterocycles. The lowest BCUT2D eigenvalue weighted by Crippen LogP contribution is -2.30. The summed E-state index contributed by atoms with van der Waals surface area (Å²) in [6, 6.07) is 1.64. The lowest BCUT2D eigenvalue weighted by Gasteiger charge is -2.02. The third-order valence-corrected chi connectivity index (χ3v) is 3.19. The maximum atomic E-state index is 10.9. The van der Waals surface area contributed by atoms with Gasteiger partial charge in [0.1, 0.15) is 4.88 Å². The second kappa shape index (κ2) is 5.62. The number of thiophene rings is 1. The minimum absolute atomic E-state index is 0.0914. The number of hydrogen-bond donors (Lipinski definition) is 3. The molecule has 0 unspecified atom stereocenters. The van der Waals surface area contributed by atoms with Gasteiger partial charge in [-0.15, -0.1) is 11.3 Å². The standard InChI is InChI=1S/C10H14N2O3S/c1-6-7(3-8(16-6)10(14)15)4-12-5-9(13)11-2/h3,12H,4-5H2,1-2H3,(H,11,13)(H,14,15). The molecule has 1 aromatic rings. The quantitative estimate of drug-likeness (QED) is 0.706. The predicted molar refractivity (Wildman–Crippen MR) is 61.8 cm³/mol. The van der Waals surface area contributed by atoms with Crippen LogP contribution in [0.5, 0.6) is 0 Å². The SMILES string of the molecule is CNC(=O)CNCc1cc(C(=O)O)sc1C. The first kappa shape index (κ1) is 12.7. The van der Waals surface area contributed by atoms with Crippen molar-refractivity contribution >= 4 is 23.2 Å². The van der Waals surface area contributed by atoms with Crippen molar-refractivity contribution in [2.75, 3.05) is 13.6 Å². The zero-order chi connectivity index (χ0) is 12.1. The summed E-state index contributed by atoms with van der Waals surface area (Å²) in [5.41, 5.74) is 0.923. The van der Waals surface area contributed by atoms with Gasteiger partial charge >= 0.3 is 5.97 Å². The average molecular weight is 242 g/mol. The monoisotopic (exact) mass is 242 g/mol. The second-order valence-corrected chi connectivity index (χ2v) is 4.53. The summed E-state index contributed by atoms with van der Waals surface area (Å²) >= 11 is 1.25. The van der Waals surface area contributed by atoms with Crippen LogP contribution in [0, 0.1) is 6.92 Å². The first-order valence-electron chi connectivity index (χ1n) is 4.78. The summed E-state index contributed by atoms with van der Waals surface area (Å²) in [5, 5.41) is 14.2. The van der Waals surface area contributed by atoms with E-state index in [0.29, 0.717) is 11.4 Å². The van der Waals surface area contributed by atoms with E-state index in [1.54, 1.807) is 13.1 Å². The molecule has 0 aliphatic rings. The number of amides is 1. The minimum atomic E-state index is -0.911. The van der Waals surface area contributed by atoms with Crippen LogP contribution in [0.15, 0.2) is 6.07 Å². The fraction of sp³-hybridized carbons (Fsp3) is 0.400. The minimum Gasteiger partial charge on any atom is -0.477 e. The van der Waals surface area contributed by atoms with E-state index in [9.17, 15) is 9.59 Å². The maximum absolute atomic E-state index is 10.9. The van der Waals surface area contributed by atoms with Crippen molar-refractivity contribution in [3.63, 3.8) is 0 Å². The summed E-state index contributed by atoms with van der Waals surface area (Å²) in [7, 11) is 1.57. The highest BCUT2D eigenvalue weighted by Crippen LogP contribution is 2.21. The Hall–Kier alpha value is -1.40. The van der Waals surface area contributed by atoms with Gasteiger partial charge < -0.3 is 15.7 Å². The van der Waals surface area contributed by atoms with E-state index in [0.717, 1.165) is 10.4 Å². The molecule has 0 aromatic carbocycles. The molecule has 0 spiro atoms. The van der Waals surface area contributed by atoms with Gasteiger partial charge in [0.25, 0.3) is 0 Å². The Balaban J connectivity index is 2.54. The van der Waals surface area contributed by atoms with Crippen LogP contribution >= 0.6 is 11.3 Å². The van der Waals surface area contributed by atoms with E-state index >= 15 is 0 Å². The molecule has 0 atom stereocenters. The van der Waals surface area contributed by atoms with Crippen LogP contribution in [0.25, 0.3) is 0 Å². The molecule has 0 bridgehead atoms. The lowest BCUT2D eigenvalue weighted by atomic mass is 10.2. The van der Waals surface area contributed by atoms with Gasteiger partial charge in [0.15, 0.2) is 0 Å². The van der Waals surface area contributed by atoms with Crippen LogP contribution in [-0.2, 0) is 11.3 Å². The zero-order valence-electron chi connectivity index (χ0n) is 9.16. The Morgan fingerprint density at radius 3 is 2.69 bits per heavy atom. The van der Waals surface area contributed by atoms with Crippen molar-refractivity contribution < 1.29 is 14.7 Å². The number of carbonyl (C=O) groups excluding carboxylic acids is 1. The first-order chi connectivity index (χ1) is 7.54. The molecule has 6 heteroatoms. The van der Waals surface area contributed by atoms with E-state index in [2.05, 4.69) is 10.6 Å². The molecule has 5 nitrogen and oxygen atoms in total. The molecular weight excluding hydrogens is 228 g/mol. The molecule has 16 heavy (non-hydrogen) atoms. The van der Waals surface area contributed by atoms with Crippen LogP contribution in [0.2, 0.25) is 0 Å². The number of rotatable bonds is 5. The van der Waals surface area contributed by atoms with Gasteiger partial charge in [-0.3, -0.25) is 4.79 Å². The Morgan fingerprint density at radius 1 is 1.50 bits per heavy atom. The third-order valence-electron chi connectivity index (χ3n) is 2.11. The first-order valence-corrected chi connectivity index (χ1v) is 5.60. The number of hydrogen-bond acceptors (Lipinski definition) is 4. The molecule has 0 saturated carbocycles. The van der Waals surface area contributed by atoms with Crippen LogP contribution in [0.1, 0.15) is 20.1 Å². The number of nitrogens with one attached hydrogen (secondary N) is 2. The second-order valence-electron chi connectivity index (χ2n) is 3.27. The maximum Gasteiger partial charge on any atom is 0.345 e. The number of carboxylic acid groups (broad SMARTS) is 1. The van der Waals surface area contributed by atoms with E-state index < -0.39 is 5.97 Å². The van der Waals surface area contributed by atoms with Gasteiger partial charge in [0.2, 0.25) is 5.91 Å². The van der Waals surface area contributed by atoms with Gasteiger partial charge in [-0.2, -0.15) is 0 Å². The third kappa shape index (κ3) is 3.32. The summed E-state index contributed by atoms with van der Waals surface area (Å²) in [6.45, 7) is 2.60. The normalized spacial score (nSPS) is 10.1. The summed E-state index contributed by atoms with van der Waals surface area (Å²) in [6.07, 6.45) is 0. The van der Waals surface area contributed by atoms with Gasteiger partial charge in [-0.1, -0.05) is 0 Å². The molecule has 0 fully saturated rings. The van der Waals surface area contributed by atoms with Gasteiger partial charge in [0.05, 0.1) is 6.54 Å². The highest BCUT2D eigenvalue weighted by Gasteiger charge is 2.10. The van der Waals surface area contributed by atoms with Crippen LogP contribution in [-0.4, -0.2) is 30.6 Å². The van der Waals surface area contributed by atoms with Crippen LogP contribution in [0.4, 0.5) is 0 Å². The van der Waals surface area contributed by atoms with Crippen molar-refractivity contribution in [3.8, 4) is 0 Å². The fourth-order valence-corrected chi connectivity index (χ4v) is 2.08. The van der Waals surface area contributed by atoms with Crippen molar-refractivity contribution in [2.24, 2.45) is 0 Å². The average Bonchev–Trinajstić information content (AvgIpc) is 2.60. The molecule has 0 saturated heterocycles. The lowest BCUT2D eigenvalue weighted by molar-refractivity contribution is -0.119. The molecule has 1 amide bonds. The van der Waals surface area contributed by atoms with Gasteiger partial charge in [0, 0.05) is 18.5 Å². The molecule has 0 aliphatic heterocycles. The molecule has 0 aliphatic carbocycles. The highest BCUT2D eigenvalue weighted by molar-refractivity contribution is 7.14. The molecule has 1 heterocycles. The molecule has 1 rings (SSSR count). The van der Waals surface area contributed by atoms with E-state index in [1.807, 2.05) is 6.92 Å². The topological polar surface area (TPSA) is 78.4 Å². The zero-order valence-corrected chi connectivity index (χ0v) is 9.98. The van der Waals surface area contributed by atoms with E-state index in [-0.39, 0.29) is 12.5 Å². The van der Waals surface area contributed by atoms with Crippen LogP contribution in [0.3, 0.4) is 0 Å². The molecule has 0 radical (unpaired) electrons. The number of aromatic carboxylic acids is 1. The fourth-order valence-electron chi connectivity index (χ4n) is 1.20. The summed E-state index contributed by atoms with van der Waals surface area (Å²) in [5.74, 6) is -1.00. The van der Waals surface area contributed by atoms with Crippen molar-refractivity contribution in [1.29, 1.82) is 0 Å². The Bertz CT molecular complexity index is 401. The molecule has 3 N–H and O–H groups in total. The predicted octanol–water partition coefficient (Wildman–Crippen LogP) is 0.590. The number of carboxylic acids is 1. The largest absolute Gasteiger partial charge is 0.477 e.